The lowest BCUT2D eigenvalue weighted by atomic mass is 10.1. The number of sulfone groups is 1. The molecular weight excluding hydrogens is 294 g/mol. The number of carboxylic acid groups (broad SMARTS) is 1. The summed E-state index contributed by atoms with van der Waals surface area (Å²) in [6.07, 6.45) is 0.310. The lowest BCUT2D eigenvalue weighted by molar-refractivity contribution is -0.120. The van der Waals surface area contributed by atoms with Gasteiger partial charge in [0.05, 0.1) is 16.2 Å². The molecule has 1 aromatic carbocycles. The fourth-order valence-corrected chi connectivity index (χ4v) is 3.65. The highest BCUT2D eigenvalue weighted by molar-refractivity contribution is 7.91. The molecule has 0 saturated carbocycles. The molecule has 2 N–H and O–H groups in total. The van der Waals surface area contributed by atoms with Gasteiger partial charge in [0.1, 0.15) is 0 Å². The number of hydrogen-bond acceptors (Lipinski definition) is 4. The molecule has 0 radical (unpaired) electrons. The molecule has 0 aromatic heterocycles. The Kier molecular flexibility index (Phi) is 5.48. The molecule has 1 rings (SSSR count). The zero-order valence-electron chi connectivity index (χ0n) is 12.3. The van der Waals surface area contributed by atoms with Gasteiger partial charge in [0.2, 0.25) is 5.91 Å². The van der Waals surface area contributed by atoms with Crippen molar-refractivity contribution >= 4 is 21.7 Å². The molecule has 0 heterocycles. The number of carbonyl (C=O) groups is 2. The second-order valence-corrected chi connectivity index (χ2v) is 6.91. The van der Waals surface area contributed by atoms with Crippen LogP contribution in [-0.2, 0) is 14.6 Å². The SMILES string of the molecule is CNC(=O)CCCS(=O)(=O)c1cc(C(=O)O)c(C)cc1C. The third-order valence-electron chi connectivity index (χ3n) is 3.18. The molecule has 0 saturated heterocycles. The molecule has 7 heteroatoms. The van der Waals surface area contributed by atoms with Gasteiger partial charge in [-0.1, -0.05) is 6.07 Å². The highest BCUT2D eigenvalue weighted by Gasteiger charge is 2.20. The van der Waals surface area contributed by atoms with Crippen molar-refractivity contribution in [3.05, 3.63) is 28.8 Å². The van der Waals surface area contributed by atoms with Crippen molar-refractivity contribution in [2.45, 2.75) is 31.6 Å². The maximum absolute atomic E-state index is 12.3. The summed E-state index contributed by atoms with van der Waals surface area (Å²) in [5, 5.41) is 11.5. The van der Waals surface area contributed by atoms with Gasteiger partial charge >= 0.3 is 5.97 Å². The Morgan fingerprint density at radius 3 is 2.33 bits per heavy atom. The second-order valence-electron chi connectivity index (χ2n) is 4.83. The molecule has 0 bridgehead atoms. The Labute approximate surface area is 124 Å². The highest BCUT2D eigenvalue weighted by atomic mass is 32.2. The van der Waals surface area contributed by atoms with Gasteiger partial charge in [-0.15, -0.1) is 0 Å². The molecule has 0 aliphatic carbocycles. The minimum absolute atomic E-state index is 0.0161. The van der Waals surface area contributed by atoms with Crippen LogP contribution in [0.3, 0.4) is 0 Å². The smallest absolute Gasteiger partial charge is 0.335 e. The van der Waals surface area contributed by atoms with E-state index in [9.17, 15) is 18.0 Å². The van der Waals surface area contributed by atoms with Crippen LogP contribution in [0.15, 0.2) is 17.0 Å². The van der Waals surface area contributed by atoms with Crippen molar-refractivity contribution in [3.63, 3.8) is 0 Å². The first-order chi connectivity index (χ1) is 9.69. The normalized spacial score (nSPS) is 11.2. The van der Waals surface area contributed by atoms with Gasteiger partial charge in [-0.25, -0.2) is 13.2 Å². The lowest BCUT2D eigenvalue weighted by Crippen LogP contribution is -2.19. The predicted octanol–water partition coefficient (Wildman–Crippen LogP) is 1.30. The maximum Gasteiger partial charge on any atom is 0.335 e. The first-order valence-electron chi connectivity index (χ1n) is 6.47. The van der Waals surface area contributed by atoms with Crippen molar-refractivity contribution in [1.29, 1.82) is 0 Å². The zero-order chi connectivity index (χ0) is 16.2. The summed E-state index contributed by atoms with van der Waals surface area (Å²) in [5.74, 6) is -1.57. The van der Waals surface area contributed by atoms with E-state index in [0.717, 1.165) is 0 Å². The van der Waals surface area contributed by atoms with E-state index >= 15 is 0 Å². The van der Waals surface area contributed by atoms with Crippen molar-refractivity contribution in [2.75, 3.05) is 12.8 Å². The van der Waals surface area contributed by atoms with Crippen molar-refractivity contribution in [1.82, 2.24) is 5.32 Å². The summed E-state index contributed by atoms with van der Waals surface area (Å²) >= 11 is 0. The first kappa shape index (κ1) is 17.2. The lowest BCUT2D eigenvalue weighted by Gasteiger charge is -2.11. The van der Waals surface area contributed by atoms with Crippen LogP contribution in [0, 0.1) is 13.8 Å². The summed E-state index contributed by atoms with van der Waals surface area (Å²) in [5.41, 5.74) is 1.01. The molecule has 0 aliphatic rings. The number of amides is 1. The van der Waals surface area contributed by atoms with E-state index in [2.05, 4.69) is 5.32 Å². The number of aryl methyl sites for hydroxylation is 2. The summed E-state index contributed by atoms with van der Waals surface area (Å²) < 4.78 is 24.6. The highest BCUT2D eigenvalue weighted by Crippen LogP contribution is 2.22. The molecule has 0 atom stereocenters. The van der Waals surface area contributed by atoms with E-state index in [-0.39, 0.29) is 35.0 Å². The van der Waals surface area contributed by atoms with E-state index in [1.807, 2.05) is 0 Å². The van der Waals surface area contributed by atoms with E-state index in [1.54, 1.807) is 19.9 Å². The minimum atomic E-state index is -3.61. The van der Waals surface area contributed by atoms with Crippen LogP contribution in [0.2, 0.25) is 0 Å². The maximum atomic E-state index is 12.3. The number of carboxylic acids is 1. The zero-order valence-corrected chi connectivity index (χ0v) is 13.1. The van der Waals surface area contributed by atoms with Crippen LogP contribution >= 0.6 is 0 Å². The molecule has 1 aromatic rings. The third kappa shape index (κ3) is 4.29. The summed E-state index contributed by atoms with van der Waals surface area (Å²) in [6, 6.07) is 2.75. The predicted molar refractivity (Wildman–Crippen MR) is 78.2 cm³/mol. The fourth-order valence-electron chi connectivity index (χ4n) is 2.06. The minimum Gasteiger partial charge on any atom is -0.478 e. The summed E-state index contributed by atoms with van der Waals surface area (Å²) in [6.45, 7) is 3.25. The Morgan fingerprint density at radius 1 is 1.19 bits per heavy atom. The Bertz CT molecular complexity index is 664. The standard InChI is InChI=1S/C14H19NO5S/c1-9-7-10(2)12(8-11(9)14(17)18)21(19,20)6-4-5-13(16)15-3/h7-8H,4-6H2,1-3H3,(H,15,16)(H,17,18). The Hall–Kier alpha value is -1.89. The van der Waals surface area contributed by atoms with E-state index in [4.69, 9.17) is 5.11 Å². The van der Waals surface area contributed by atoms with Crippen molar-refractivity contribution in [2.24, 2.45) is 0 Å². The number of aromatic carboxylic acids is 1. The van der Waals surface area contributed by atoms with E-state index < -0.39 is 15.8 Å². The number of benzene rings is 1. The molecule has 6 nitrogen and oxygen atoms in total. The summed E-state index contributed by atoms with van der Waals surface area (Å²) in [7, 11) is -2.12. The Balaban J connectivity index is 3.05. The largest absolute Gasteiger partial charge is 0.478 e. The summed E-state index contributed by atoms with van der Waals surface area (Å²) in [4.78, 5) is 22.2. The van der Waals surface area contributed by atoms with Crippen LogP contribution < -0.4 is 5.32 Å². The van der Waals surface area contributed by atoms with Gasteiger partial charge in [0.25, 0.3) is 0 Å². The van der Waals surface area contributed by atoms with Crippen LogP contribution in [-0.4, -0.2) is 38.2 Å². The second kappa shape index (κ2) is 6.71. The van der Waals surface area contributed by atoms with Gasteiger partial charge < -0.3 is 10.4 Å². The molecule has 116 valence electrons. The first-order valence-corrected chi connectivity index (χ1v) is 8.12. The van der Waals surface area contributed by atoms with E-state index in [0.29, 0.717) is 11.1 Å². The molecule has 0 aliphatic heterocycles. The van der Waals surface area contributed by atoms with Gasteiger partial charge in [-0.2, -0.15) is 0 Å². The van der Waals surface area contributed by atoms with Crippen LogP contribution in [0.25, 0.3) is 0 Å². The average molecular weight is 313 g/mol. The fraction of sp³-hybridized carbons (Fsp3) is 0.429. The van der Waals surface area contributed by atoms with Crippen LogP contribution in [0.4, 0.5) is 0 Å². The average Bonchev–Trinajstić information content (AvgIpc) is 2.37. The molecule has 0 unspecified atom stereocenters. The number of rotatable bonds is 6. The topological polar surface area (TPSA) is 101 Å². The monoisotopic (exact) mass is 313 g/mol. The van der Waals surface area contributed by atoms with Crippen molar-refractivity contribution < 1.29 is 23.1 Å². The number of carbonyl (C=O) groups excluding carboxylic acids is 1. The third-order valence-corrected chi connectivity index (χ3v) is 5.12. The van der Waals surface area contributed by atoms with Gasteiger partial charge in [0.15, 0.2) is 9.84 Å². The van der Waals surface area contributed by atoms with Crippen LogP contribution in [0.5, 0.6) is 0 Å². The van der Waals surface area contributed by atoms with Gasteiger partial charge in [0, 0.05) is 13.5 Å². The molecule has 1 amide bonds. The number of hydrogen-bond donors (Lipinski definition) is 2. The Morgan fingerprint density at radius 2 is 1.81 bits per heavy atom. The molecule has 0 fully saturated rings. The molecule has 0 spiro atoms. The number of nitrogens with one attached hydrogen (secondary N) is 1. The molecular formula is C14H19NO5S. The van der Waals surface area contributed by atoms with Gasteiger partial charge in [-0.05, 0) is 37.5 Å². The van der Waals surface area contributed by atoms with E-state index in [1.165, 1.54) is 13.1 Å². The molecule has 21 heavy (non-hydrogen) atoms. The van der Waals surface area contributed by atoms with Gasteiger partial charge in [-0.3, -0.25) is 4.79 Å². The quantitative estimate of drug-likeness (QED) is 0.824. The van der Waals surface area contributed by atoms with Crippen molar-refractivity contribution in [3.8, 4) is 0 Å². The van der Waals surface area contributed by atoms with Crippen LogP contribution in [0.1, 0.15) is 34.3 Å².